The molecule has 0 fully saturated rings. The second-order valence-electron chi connectivity index (χ2n) is 7.92. The average molecular weight is 440 g/mol. The first kappa shape index (κ1) is 22.0. The van der Waals surface area contributed by atoms with Gasteiger partial charge >= 0.3 is 5.97 Å². The number of carbonyl (C=O) groups is 3. The van der Waals surface area contributed by atoms with E-state index < -0.39 is 17.7 Å². The zero-order valence-corrected chi connectivity index (χ0v) is 18.4. The minimum absolute atomic E-state index is 0.140. The number of anilines is 1. The molecule has 0 radical (unpaired) electrons. The summed E-state index contributed by atoms with van der Waals surface area (Å²) < 4.78 is 4.98. The smallest absolute Gasteiger partial charge is 0.337 e. The van der Waals surface area contributed by atoms with Gasteiger partial charge in [-0.05, 0) is 24.1 Å². The van der Waals surface area contributed by atoms with Crippen LogP contribution >= 0.6 is 0 Å². The van der Waals surface area contributed by atoms with E-state index >= 15 is 0 Å². The highest BCUT2D eigenvalue weighted by Gasteiger charge is 2.44. The van der Waals surface area contributed by atoms with E-state index in [1.807, 2.05) is 55.5 Å². The van der Waals surface area contributed by atoms with Crippen LogP contribution in [0.15, 0.2) is 90.1 Å². The van der Waals surface area contributed by atoms with E-state index in [4.69, 9.17) is 10.5 Å². The topological polar surface area (TPSA) is 89.7 Å². The fourth-order valence-corrected chi connectivity index (χ4v) is 4.13. The zero-order valence-electron chi connectivity index (χ0n) is 18.4. The number of Topliss-reactive ketones (excluding diaryl/α,β-unsaturated/α-hetero) is 1. The highest BCUT2D eigenvalue weighted by molar-refractivity contribution is 6.17. The van der Waals surface area contributed by atoms with Gasteiger partial charge in [0.1, 0.15) is 0 Å². The maximum atomic E-state index is 13.7. The molecule has 6 heteroatoms. The summed E-state index contributed by atoms with van der Waals surface area (Å²) in [4.78, 5) is 41.3. The maximum Gasteiger partial charge on any atom is 0.337 e. The molecule has 0 bridgehead atoms. The first-order valence-corrected chi connectivity index (χ1v) is 10.6. The number of carbonyl (C=O) groups excluding carboxylic acids is 3. The lowest BCUT2D eigenvalue weighted by molar-refractivity contribution is -0.137. The van der Waals surface area contributed by atoms with Crippen LogP contribution < -0.4 is 10.6 Å². The lowest BCUT2D eigenvalue weighted by Crippen LogP contribution is -2.32. The van der Waals surface area contributed by atoms with E-state index in [-0.39, 0.29) is 17.2 Å². The molecule has 0 saturated carbocycles. The third kappa shape index (κ3) is 4.15. The summed E-state index contributed by atoms with van der Waals surface area (Å²) in [6.07, 6.45) is 0. The number of allylic oxidation sites excluding steroid dienone is 1. The van der Waals surface area contributed by atoms with Gasteiger partial charge in [0, 0.05) is 11.3 Å². The molecule has 1 unspecified atom stereocenters. The predicted octanol–water partition coefficient (Wildman–Crippen LogP) is 3.89. The molecule has 3 aromatic rings. The third-order valence-corrected chi connectivity index (χ3v) is 5.75. The Hall–Kier alpha value is -4.19. The molecule has 1 heterocycles. The Kier molecular flexibility index (Phi) is 6.09. The molecule has 166 valence electrons. The van der Waals surface area contributed by atoms with Gasteiger partial charge in [-0.2, -0.15) is 0 Å². The van der Waals surface area contributed by atoms with Gasteiger partial charge in [-0.3, -0.25) is 9.59 Å². The summed E-state index contributed by atoms with van der Waals surface area (Å²) in [5, 5.41) is 0. The normalized spacial score (nSPS) is 15.6. The van der Waals surface area contributed by atoms with Crippen molar-refractivity contribution >= 4 is 23.3 Å². The zero-order chi connectivity index (χ0) is 23.5. The second kappa shape index (κ2) is 9.12. The standard InChI is InChI=1S/C27H24N2O4/c1-17-13-14-21-20(15-17)22(26(31)29(21)16-18-9-5-3-6-10-18)23(27(32)33-2)24(28)25(30)19-11-7-4-8-12-19/h3-15,22H,16,28H2,1-2H3/b24-23-. The first-order chi connectivity index (χ1) is 15.9. The minimum atomic E-state index is -1.04. The number of nitrogens with two attached hydrogens (primary N) is 1. The Bertz CT molecular complexity index is 1250. The van der Waals surface area contributed by atoms with Crippen molar-refractivity contribution in [3.05, 3.63) is 112 Å². The van der Waals surface area contributed by atoms with Gasteiger partial charge in [0.15, 0.2) is 0 Å². The number of aryl methyl sites for hydroxylation is 1. The van der Waals surface area contributed by atoms with Crippen LogP contribution in [0.25, 0.3) is 0 Å². The number of benzene rings is 3. The largest absolute Gasteiger partial charge is 0.466 e. The number of ketones is 1. The SMILES string of the molecule is COC(=O)/C(=C(\N)C(=O)c1ccccc1)C1C(=O)N(Cc2ccccc2)c2ccc(C)cc21. The van der Waals surface area contributed by atoms with E-state index in [1.54, 1.807) is 35.2 Å². The predicted molar refractivity (Wildman–Crippen MR) is 126 cm³/mol. The van der Waals surface area contributed by atoms with Crippen LogP contribution in [0.3, 0.4) is 0 Å². The van der Waals surface area contributed by atoms with Crippen LogP contribution in [0.2, 0.25) is 0 Å². The van der Waals surface area contributed by atoms with Crippen molar-refractivity contribution in [2.45, 2.75) is 19.4 Å². The number of rotatable bonds is 6. The van der Waals surface area contributed by atoms with Gasteiger partial charge in [0.05, 0.1) is 30.8 Å². The van der Waals surface area contributed by atoms with Crippen molar-refractivity contribution in [2.75, 3.05) is 12.0 Å². The van der Waals surface area contributed by atoms with Gasteiger partial charge in [-0.15, -0.1) is 0 Å². The molecule has 3 aromatic carbocycles. The summed E-state index contributed by atoms with van der Waals surface area (Å²) in [5.74, 6) is -2.70. The van der Waals surface area contributed by atoms with Crippen molar-refractivity contribution < 1.29 is 19.1 Å². The van der Waals surface area contributed by atoms with Gasteiger partial charge in [0.25, 0.3) is 0 Å². The third-order valence-electron chi connectivity index (χ3n) is 5.75. The van der Waals surface area contributed by atoms with Crippen LogP contribution in [0.5, 0.6) is 0 Å². The van der Waals surface area contributed by atoms with Crippen LogP contribution in [-0.4, -0.2) is 24.8 Å². The molecule has 0 saturated heterocycles. The molecule has 33 heavy (non-hydrogen) atoms. The minimum Gasteiger partial charge on any atom is -0.466 e. The van der Waals surface area contributed by atoms with Crippen molar-refractivity contribution in [3.8, 4) is 0 Å². The number of nitrogens with zero attached hydrogens (tertiary/aromatic N) is 1. The van der Waals surface area contributed by atoms with E-state index in [0.717, 1.165) is 11.1 Å². The number of hydrogen-bond donors (Lipinski definition) is 1. The summed E-state index contributed by atoms with van der Waals surface area (Å²) in [6, 6.07) is 23.6. The molecule has 0 spiro atoms. The van der Waals surface area contributed by atoms with Gasteiger partial charge in [-0.1, -0.05) is 78.4 Å². The van der Waals surface area contributed by atoms with Crippen molar-refractivity contribution in [2.24, 2.45) is 5.73 Å². The monoisotopic (exact) mass is 440 g/mol. The molecular weight excluding hydrogens is 416 g/mol. The van der Waals surface area contributed by atoms with Crippen molar-refractivity contribution in [1.82, 2.24) is 0 Å². The van der Waals surface area contributed by atoms with Crippen molar-refractivity contribution in [3.63, 3.8) is 0 Å². The lowest BCUT2D eigenvalue weighted by Gasteiger charge is -2.19. The highest BCUT2D eigenvalue weighted by Crippen LogP contribution is 2.43. The number of fused-ring (bicyclic) bond motifs is 1. The summed E-state index contributed by atoms with van der Waals surface area (Å²) in [6.45, 7) is 2.23. The van der Waals surface area contributed by atoms with E-state index in [0.29, 0.717) is 23.4 Å². The molecule has 1 aliphatic rings. The molecule has 1 aliphatic heterocycles. The molecule has 4 rings (SSSR count). The maximum absolute atomic E-state index is 13.7. The lowest BCUT2D eigenvalue weighted by atomic mass is 9.88. The second-order valence-corrected chi connectivity index (χ2v) is 7.92. The van der Waals surface area contributed by atoms with Gasteiger partial charge < -0.3 is 15.4 Å². The first-order valence-electron chi connectivity index (χ1n) is 10.6. The van der Waals surface area contributed by atoms with Crippen LogP contribution in [-0.2, 0) is 20.9 Å². The molecule has 0 aliphatic carbocycles. The van der Waals surface area contributed by atoms with Gasteiger partial charge in [-0.25, -0.2) is 4.79 Å². The highest BCUT2D eigenvalue weighted by atomic mass is 16.5. The number of methoxy groups -OCH3 is 1. The Morgan fingerprint density at radius 1 is 0.970 bits per heavy atom. The van der Waals surface area contributed by atoms with Crippen LogP contribution in [0.1, 0.15) is 33.0 Å². The van der Waals surface area contributed by atoms with E-state index in [2.05, 4.69) is 0 Å². The van der Waals surface area contributed by atoms with Crippen LogP contribution in [0.4, 0.5) is 5.69 Å². The Morgan fingerprint density at radius 3 is 2.24 bits per heavy atom. The summed E-state index contributed by atoms with van der Waals surface area (Å²) >= 11 is 0. The average Bonchev–Trinajstić information content (AvgIpc) is 3.10. The molecule has 1 atom stereocenters. The molecule has 6 nitrogen and oxygen atoms in total. The fraction of sp³-hybridized carbons (Fsp3) is 0.148. The van der Waals surface area contributed by atoms with Crippen molar-refractivity contribution in [1.29, 1.82) is 0 Å². The van der Waals surface area contributed by atoms with Crippen LogP contribution in [0, 0.1) is 6.92 Å². The summed E-state index contributed by atoms with van der Waals surface area (Å²) in [7, 11) is 1.21. The number of ether oxygens (including phenoxy) is 1. The van der Waals surface area contributed by atoms with Gasteiger partial charge in [0.2, 0.25) is 11.7 Å². The fourth-order valence-electron chi connectivity index (χ4n) is 4.13. The molecule has 0 aromatic heterocycles. The number of esters is 1. The number of amides is 1. The van der Waals surface area contributed by atoms with E-state index in [1.165, 1.54) is 7.11 Å². The Labute approximate surface area is 192 Å². The van der Waals surface area contributed by atoms with E-state index in [9.17, 15) is 14.4 Å². The number of hydrogen-bond acceptors (Lipinski definition) is 5. The Balaban J connectivity index is 1.85. The molecule has 2 N–H and O–H groups in total. The summed E-state index contributed by atoms with van der Waals surface area (Å²) in [5.41, 5.74) is 9.33. The molecular formula is C27H24N2O4. The molecule has 1 amide bonds. The Morgan fingerprint density at radius 2 is 1.61 bits per heavy atom. The quantitative estimate of drug-likeness (QED) is 0.357.